The third-order valence-electron chi connectivity index (χ3n) is 1.96. The molecule has 17 heavy (non-hydrogen) atoms. The van der Waals surface area contributed by atoms with E-state index in [0.717, 1.165) is 0 Å². The molecule has 0 bridgehead atoms. The van der Waals surface area contributed by atoms with E-state index in [4.69, 9.17) is 51.1 Å². The van der Waals surface area contributed by atoms with Crippen molar-refractivity contribution in [2.24, 2.45) is 0 Å². The van der Waals surface area contributed by atoms with Crippen LogP contribution in [0.3, 0.4) is 0 Å². The fourth-order valence-electron chi connectivity index (χ4n) is 1.27. The van der Waals surface area contributed by atoms with Gasteiger partial charge >= 0.3 is 0 Å². The summed E-state index contributed by atoms with van der Waals surface area (Å²) in [6, 6.07) is 9.87. The summed E-state index contributed by atoms with van der Waals surface area (Å²) in [6.45, 7) is 0. The average Bonchev–Trinajstić information content (AvgIpc) is 2.22. The highest BCUT2D eigenvalue weighted by Gasteiger charge is 2.05. The molecule has 0 atom stereocenters. The van der Waals surface area contributed by atoms with E-state index < -0.39 is 0 Å². The van der Waals surface area contributed by atoms with Crippen molar-refractivity contribution in [1.82, 2.24) is 0 Å². The molecule has 0 aliphatic carbocycles. The molecule has 2 aromatic carbocycles. The van der Waals surface area contributed by atoms with Gasteiger partial charge in [-0.25, -0.2) is 0 Å². The monoisotopic (exact) mass is 306 g/mol. The molecule has 0 fully saturated rings. The SMILES string of the molecule is Clc1cc(Cl)cc(Oc2cc(Cl)ccc2Cl)c1. The molecule has 0 spiro atoms. The molecule has 0 heterocycles. The van der Waals surface area contributed by atoms with Crippen LogP contribution in [0.2, 0.25) is 20.1 Å². The summed E-state index contributed by atoms with van der Waals surface area (Å²) in [5, 5.41) is 1.99. The van der Waals surface area contributed by atoms with Gasteiger partial charge in [0.2, 0.25) is 0 Å². The second-order valence-electron chi connectivity index (χ2n) is 3.28. The van der Waals surface area contributed by atoms with E-state index in [1.54, 1.807) is 36.4 Å². The highest BCUT2D eigenvalue weighted by atomic mass is 35.5. The van der Waals surface area contributed by atoms with E-state index in [2.05, 4.69) is 0 Å². The van der Waals surface area contributed by atoms with Crippen LogP contribution < -0.4 is 4.74 Å². The zero-order valence-electron chi connectivity index (χ0n) is 8.38. The van der Waals surface area contributed by atoms with Gasteiger partial charge in [-0.3, -0.25) is 0 Å². The van der Waals surface area contributed by atoms with Crippen LogP contribution in [0.15, 0.2) is 36.4 Å². The molecule has 0 aromatic heterocycles. The van der Waals surface area contributed by atoms with E-state index in [1.165, 1.54) is 0 Å². The van der Waals surface area contributed by atoms with Crippen molar-refractivity contribution >= 4 is 46.4 Å². The standard InChI is InChI=1S/C12H6Cl4O/c13-7-1-2-11(16)12(6-7)17-10-4-8(14)3-9(15)5-10/h1-6H. The second kappa shape index (κ2) is 5.36. The summed E-state index contributed by atoms with van der Waals surface area (Å²) in [4.78, 5) is 0. The molecule has 0 unspecified atom stereocenters. The first-order valence-electron chi connectivity index (χ1n) is 4.63. The summed E-state index contributed by atoms with van der Waals surface area (Å²) >= 11 is 23.6. The van der Waals surface area contributed by atoms with Crippen LogP contribution in [0.25, 0.3) is 0 Å². The fourth-order valence-corrected chi connectivity index (χ4v) is 2.09. The molecule has 5 heteroatoms. The lowest BCUT2D eigenvalue weighted by molar-refractivity contribution is 0.483. The minimum atomic E-state index is 0.456. The minimum absolute atomic E-state index is 0.456. The third-order valence-corrected chi connectivity index (χ3v) is 2.94. The van der Waals surface area contributed by atoms with Crippen LogP contribution in [-0.4, -0.2) is 0 Å². The van der Waals surface area contributed by atoms with Crippen LogP contribution in [0.5, 0.6) is 11.5 Å². The second-order valence-corrected chi connectivity index (χ2v) is 5.00. The molecule has 0 saturated carbocycles. The van der Waals surface area contributed by atoms with E-state index in [9.17, 15) is 0 Å². The Labute approximate surface area is 119 Å². The van der Waals surface area contributed by atoms with E-state index >= 15 is 0 Å². The van der Waals surface area contributed by atoms with Gasteiger partial charge in [0.15, 0.2) is 0 Å². The van der Waals surface area contributed by atoms with Gasteiger partial charge in [-0.05, 0) is 30.3 Å². The van der Waals surface area contributed by atoms with Crippen molar-refractivity contribution in [3.8, 4) is 11.5 Å². The maximum absolute atomic E-state index is 5.98. The normalized spacial score (nSPS) is 10.4. The summed E-state index contributed by atoms with van der Waals surface area (Å²) in [6.07, 6.45) is 0. The van der Waals surface area contributed by atoms with Crippen molar-refractivity contribution in [1.29, 1.82) is 0 Å². The van der Waals surface area contributed by atoms with Crippen LogP contribution in [0.1, 0.15) is 0 Å². The molecule has 0 aliphatic heterocycles. The topological polar surface area (TPSA) is 9.23 Å². The first-order valence-corrected chi connectivity index (χ1v) is 6.15. The van der Waals surface area contributed by atoms with Gasteiger partial charge in [-0.15, -0.1) is 0 Å². The Balaban J connectivity index is 2.34. The Bertz CT molecular complexity index is 534. The van der Waals surface area contributed by atoms with Crippen molar-refractivity contribution in [2.75, 3.05) is 0 Å². The minimum Gasteiger partial charge on any atom is -0.456 e. The van der Waals surface area contributed by atoms with E-state index in [0.29, 0.717) is 31.6 Å². The molecule has 2 aromatic rings. The smallest absolute Gasteiger partial charge is 0.147 e. The maximum atomic E-state index is 5.98. The highest BCUT2D eigenvalue weighted by Crippen LogP contribution is 2.34. The van der Waals surface area contributed by atoms with Gasteiger partial charge in [0, 0.05) is 21.1 Å². The molecule has 0 radical (unpaired) electrons. The first-order chi connectivity index (χ1) is 8.04. The first kappa shape index (κ1) is 12.8. The predicted molar refractivity (Wildman–Crippen MR) is 73.0 cm³/mol. The average molecular weight is 308 g/mol. The van der Waals surface area contributed by atoms with Crippen LogP contribution >= 0.6 is 46.4 Å². The molecule has 88 valence electrons. The van der Waals surface area contributed by atoms with Crippen molar-refractivity contribution in [3.63, 3.8) is 0 Å². The zero-order valence-corrected chi connectivity index (χ0v) is 11.4. The summed E-state index contributed by atoms with van der Waals surface area (Å²) < 4.78 is 5.57. The molecule has 2 rings (SSSR count). The Hall–Kier alpha value is -0.600. The van der Waals surface area contributed by atoms with Gasteiger partial charge < -0.3 is 4.74 Å². The molecule has 0 saturated heterocycles. The van der Waals surface area contributed by atoms with Crippen molar-refractivity contribution in [3.05, 3.63) is 56.5 Å². The molecule has 0 N–H and O–H groups in total. The molecular weight excluding hydrogens is 302 g/mol. The molecule has 0 amide bonds. The van der Waals surface area contributed by atoms with Crippen LogP contribution in [0, 0.1) is 0 Å². The van der Waals surface area contributed by atoms with Gasteiger partial charge in [-0.1, -0.05) is 46.4 Å². The maximum Gasteiger partial charge on any atom is 0.147 e. The highest BCUT2D eigenvalue weighted by molar-refractivity contribution is 6.35. The predicted octanol–water partition coefficient (Wildman–Crippen LogP) is 6.09. The number of benzene rings is 2. The zero-order chi connectivity index (χ0) is 12.4. The lowest BCUT2D eigenvalue weighted by Gasteiger charge is -2.08. The number of halogens is 4. The number of rotatable bonds is 2. The summed E-state index contributed by atoms with van der Waals surface area (Å²) in [5.74, 6) is 0.962. The van der Waals surface area contributed by atoms with Gasteiger partial charge in [0.05, 0.1) is 5.02 Å². The Morgan fingerprint density at radius 1 is 0.706 bits per heavy atom. The van der Waals surface area contributed by atoms with Gasteiger partial charge in [0.1, 0.15) is 11.5 Å². The largest absolute Gasteiger partial charge is 0.456 e. The van der Waals surface area contributed by atoms with Crippen molar-refractivity contribution < 1.29 is 4.74 Å². The quantitative estimate of drug-likeness (QED) is 0.652. The van der Waals surface area contributed by atoms with E-state index in [1.807, 2.05) is 0 Å². The van der Waals surface area contributed by atoms with Crippen LogP contribution in [-0.2, 0) is 0 Å². The Morgan fingerprint density at radius 3 is 2.00 bits per heavy atom. The number of hydrogen-bond acceptors (Lipinski definition) is 1. The summed E-state index contributed by atoms with van der Waals surface area (Å²) in [5.41, 5.74) is 0. The Morgan fingerprint density at radius 2 is 1.35 bits per heavy atom. The van der Waals surface area contributed by atoms with Gasteiger partial charge in [-0.2, -0.15) is 0 Å². The lowest BCUT2D eigenvalue weighted by atomic mass is 10.3. The number of hydrogen-bond donors (Lipinski definition) is 0. The Kier molecular flexibility index (Phi) is 4.05. The van der Waals surface area contributed by atoms with E-state index in [-0.39, 0.29) is 0 Å². The van der Waals surface area contributed by atoms with Crippen molar-refractivity contribution in [2.45, 2.75) is 0 Å². The molecule has 1 nitrogen and oxygen atoms in total. The molecular formula is C12H6Cl4O. The van der Waals surface area contributed by atoms with Gasteiger partial charge in [0.25, 0.3) is 0 Å². The summed E-state index contributed by atoms with van der Waals surface area (Å²) in [7, 11) is 0. The van der Waals surface area contributed by atoms with Crippen LogP contribution in [0.4, 0.5) is 0 Å². The third kappa shape index (κ3) is 3.43. The number of ether oxygens (including phenoxy) is 1. The molecule has 0 aliphatic rings. The lowest BCUT2D eigenvalue weighted by Crippen LogP contribution is -1.85. The fraction of sp³-hybridized carbons (Fsp3) is 0.